The molecule has 20 heavy (non-hydrogen) atoms. The van der Waals surface area contributed by atoms with Crippen molar-refractivity contribution in [3.8, 4) is 0 Å². The van der Waals surface area contributed by atoms with E-state index in [1.807, 2.05) is 23.1 Å². The van der Waals surface area contributed by atoms with Crippen molar-refractivity contribution in [2.24, 2.45) is 0 Å². The Morgan fingerprint density at radius 1 is 1.10 bits per heavy atom. The molecule has 4 nitrogen and oxygen atoms in total. The second kappa shape index (κ2) is 9.88. The topological polar surface area (TPSA) is 36.2 Å². The maximum atomic E-state index is 12.1. The van der Waals surface area contributed by atoms with E-state index in [1.54, 1.807) is 0 Å². The lowest BCUT2D eigenvalue weighted by molar-refractivity contribution is -0.697. The lowest BCUT2D eigenvalue weighted by Crippen LogP contribution is -3.00. The maximum absolute atomic E-state index is 12.1. The second-order valence-electron chi connectivity index (χ2n) is 5.05. The van der Waals surface area contributed by atoms with Crippen LogP contribution in [0.3, 0.4) is 0 Å². The van der Waals surface area contributed by atoms with Crippen molar-refractivity contribution < 1.29 is 26.3 Å². The Labute approximate surface area is 131 Å². The normalized spacial score (nSPS) is 15.3. The summed E-state index contributed by atoms with van der Waals surface area (Å²) in [6.07, 6.45) is 7.95. The molecule has 0 bridgehead atoms. The molecule has 1 N–H and O–H groups in total. The smallest absolute Gasteiger partial charge is 0.222 e. The van der Waals surface area contributed by atoms with E-state index in [0.717, 1.165) is 52.0 Å². The number of hydrogen-bond acceptors (Lipinski definition) is 2. The van der Waals surface area contributed by atoms with Gasteiger partial charge in [0.05, 0.1) is 0 Å². The van der Waals surface area contributed by atoms with E-state index in [1.165, 1.54) is 0 Å². The minimum atomic E-state index is 0. The number of halogens is 1. The van der Waals surface area contributed by atoms with Crippen LogP contribution in [0.25, 0.3) is 0 Å². The number of nitrogens with one attached hydrogen (secondary N) is 1. The number of carbonyl (C=O) groups excluding carboxylic acids is 1. The van der Waals surface area contributed by atoms with Crippen molar-refractivity contribution in [3.63, 3.8) is 0 Å². The zero-order valence-electron chi connectivity index (χ0n) is 11.9. The Bertz CT molecular complexity index is 378. The minimum Gasteiger partial charge on any atom is -1.00 e. The van der Waals surface area contributed by atoms with Crippen molar-refractivity contribution in [2.75, 3.05) is 26.2 Å². The van der Waals surface area contributed by atoms with E-state index in [-0.39, 0.29) is 17.0 Å². The number of rotatable bonds is 5. The molecule has 112 valence electrons. The van der Waals surface area contributed by atoms with Gasteiger partial charge in [0, 0.05) is 44.6 Å². The minimum absolute atomic E-state index is 0. The van der Waals surface area contributed by atoms with Gasteiger partial charge in [0.15, 0.2) is 12.4 Å². The Morgan fingerprint density at radius 3 is 2.70 bits per heavy atom. The van der Waals surface area contributed by atoms with E-state index in [0.29, 0.717) is 12.3 Å². The average molecular weight is 342 g/mol. The van der Waals surface area contributed by atoms with Crippen molar-refractivity contribution in [1.82, 2.24) is 10.2 Å². The van der Waals surface area contributed by atoms with Crippen LogP contribution in [-0.2, 0) is 11.3 Å². The molecular formula is C15H24BrN3O. The van der Waals surface area contributed by atoms with Crippen LogP contribution in [-0.4, -0.2) is 37.0 Å². The highest BCUT2D eigenvalue weighted by molar-refractivity contribution is 5.76. The number of aryl methyl sites for hydroxylation is 1. The summed E-state index contributed by atoms with van der Waals surface area (Å²) in [5.41, 5.74) is 0. The van der Waals surface area contributed by atoms with Crippen LogP contribution < -0.4 is 26.9 Å². The van der Waals surface area contributed by atoms with Gasteiger partial charge in [-0.2, -0.15) is 0 Å². The molecule has 2 heterocycles. The molecule has 1 fully saturated rings. The first-order valence-electron chi connectivity index (χ1n) is 7.29. The molecule has 5 heteroatoms. The van der Waals surface area contributed by atoms with Crippen LogP contribution in [0.5, 0.6) is 0 Å². The van der Waals surface area contributed by atoms with Gasteiger partial charge < -0.3 is 27.2 Å². The van der Waals surface area contributed by atoms with Crippen LogP contribution in [0, 0.1) is 0 Å². The third kappa shape index (κ3) is 6.01. The molecule has 0 spiro atoms. The molecule has 2 rings (SSSR count). The predicted molar refractivity (Wildman–Crippen MR) is 74.6 cm³/mol. The number of amides is 1. The van der Waals surface area contributed by atoms with Gasteiger partial charge >= 0.3 is 0 Å². The van der Waals surface area contributed by atoms with Crippen molar-refractivity contribution in [1.29, 1.82) is 0 Å². The fourth-order valence-corrected chi connectivity index (χ4v) is 2.41. The summed E-state index contributed by atoms with van der Waals surface area (Å²) in [6.45, 7) is 4.75. The van der Waals surface area contributed by atoms with Gasteiger partial charge in [-0.1, -0.05) is 6.07 Å². The Balaban J connectivity index is 0.00000200. The van der Waals surface area contributed by atoms with E-state index in [9.17, 15) is 4.79 Å². The van der Waals surface area contributed by atoms with Crippen LogP contribution in [0.4, 0.5) is 0 Å². The molecular weight excluding hydrogens is 318 g/mol. The molecule has 0 saturated carbocycles. The number of aromatic nitrogens is 1. The van der Waals surface area contributed by atoms with Crippen LogP contribution in [0.1, 0.15) is 25.7 Å². The molecule has 0 atom stereocenters. The van der Waals surface area contributed by atoms with Crippen molar-refractivity contribution in [2.45, 2.75) is 32.2 Å². The first kappa shape index (κ1) is 17.1. The van der Waals surface area contributed by atoms with Gasteiger partial charge in [0.25, 0.3) is 0 Å². The van der Waals surface area contributed by atoms with Gasteiger partial charge in [0.1, 0.15) is 6.54 Å². The zero-order chi connectivity index (χ0) is 13.3. The number of hydrogen-bond donors (Lipinski definition) is 1. The summed E-state index contributed by atoms with van der Waals surface area (Å²) < 4.78 is 2.17. The number of carbonyl (C=O) groups is 1. The SMILES string of the molecule is O=C(CCCC[n+]1ccccc1)N1CCCNCC1.[Br-]. The molecule has 1 aromatic rings. The second-order valence-corrected chi connectivity index (χ2v) is 5.05. The van der Waals surface area contributed by atoms with Crippen LogP contribution in [0.2, 0.25) is 0 Å². The first-order valence-corrected chi connectivity index (χ1v) is 7.29. The number of unbranched alkanes of at least 4 members (excludes halogenated alkanes) is 1. The van der Waals surface area contributed by atoms with Crippen molar-refractivity contribution in [3.05, 3.63) is 30.6 Å². The zero-order valence-corrected chi connectivity index (χ0v) is 13.5. The molecule has 0 aliphatic carbocycles. The van der Waals surface area contributed by atoms with Gasteiger partial charge in [-0.3, -0.25) is 4.79 Å². The molecule has 0 aromatic carbocycles. The van der Waals surface area contributed by atoms with Crippen LogP contribution in [0.15, 0.2) is 30.6 Å². The van der Waals surface area contributed by atoms with Gasteiger partial charge in [-0.05, 0) is 19.4 Å². The largest absolute Gasteiger partial charge is 1.00 e. The summed E-state index contributed by atoms with van der Waals surface area (Å²) in [5, 5.41) is 3.32. The molecule has 1 aliphatic rings. The van der Waals surface area contributed by atoms with Gasteiger partial charge in [-0.15, -0.1) is 0 Å². The number of pyridine rings is 1. The molecule has 0 unspecified atom stereocenters. The third-order valence-electron chi connectivity index (χ3n) is 3.53. The van der Waals surface area contributed by atoms with Crippen molar-refractivity contribution >= 4 is 5.91 Å². The summed E-state index contributed by atoms with van der Waals surface area (Å²) >= 11 is 0. The average Bonchev–Trinajstić information content (AvgIpc) is 2.73. The van der Waals surface area contributed by atoms with Gasteiger partial charge in [-0.25, -0.2) is 4.57 Å². The Kier molecular flexibility index (Phi) is 8.46. The lowest BCUT2D eigenvalue weighted by atomic mass is 10.2. The fraction of sp³-hybridized carbons (Fsp3) is 0.600. The number of nitrogens with zero attached hydrogens (tertiary/aromatic N) is 2. The van der Waals surface area contributed by atoms with E-state index >= 15 is 0 Å². The quantitative estimate of drug-likeness (QED) is 0.495. The highest BCUT2D eigenvalue weighted by atomic mass is 79.9. The maximum Gasteiger partial charge on any atom is 0.222 e. The predicted octanol–water partition coefficient (Wildman–Crippen LogP) is -2.03. The summed E-state index contributed by atoms with van der Waals surface area (Å²) in [7, 11) is 0. The standard InChI is InChI=1S/C15H24N3O.BrH/c19-15(18-13-6-8-16-9-14-18)7-2-5-12-17-10-3-1-4-11-17;/h1,3-4,10-11,16H,2,5-9,12-14H2;1H/q+1;/p-1. The fourth-order valence-electron chi connectivity index (χ4n) is 2.41. The highest BCUT2D eigenvalue weighted by Crippen LogP contribution is 2.03. The summed E-state index contributed by atoms with van der Waals surface area (Å²) in [4.78, 5) is 14.1. The molecule has 1 aliphatic heterocycles. The Morgan fingerprint density at radius 2 is 1.90 bits per heavy atom. The van der Waals surface area contributed by atoms with Gasteiger partial charge in [0.2, 0.25) is 5.91 Å². The highest BCUT2D eigenvalue weighted by Gasteiger charge is 2.14. The lowest BCUT2D eigenvalue weighted by Gasteiger charge is -2.19. The first-order chi connectivity index (χ1) is 9.36. The van der Waals surface area contributed by atoms with E-state index in [2.05, 4.69) is 22.3 Å². The Hall–Kier alpha value is -0.940. The monoisotopic (exact) mass is 341 g/mol. The molecule has 1 saturated heterocycles. The van der Waals surface area contributed by atoms with Crippen LogP contribution >= 0.6 is 0 Å². The van der Waals surface area contributed by atoms with E-state index in [4.69, 9.17) is 0 Å². The summed E-state index contributed by atoms with van der Waals surface area (Å²) in [6, 6.07) is 6.10. The molecule has 1 aromatic heterocycles. The summed E-state index contributed by atoms with van der Waals surface area (Å²) in [5.74, 6) is 0.321. The molecule has 0 radical (unpaired) electrons. The third-order valence-corrected chi connectivity index (χ3v) is 3.53. The van der Waals surface area contributed by atoms with E-state index < -0.39 is 0 Å². The molecule has 1 amide bonds.